The van der Waals surface area contributed by atoms with E-state index in [-0.39, 0.29) is 0 Å². The molecule has 0 N–H and O–H groups in total. The lowest BCUT2D eigenvalue weighted by atomic mass is 9.79. The maximum Gasteiger partial charge on any atom is -0.0388 e. The van der Waals surface area contributed by atoms with Crippen LogP contribution in [0, 0.1) is 23.7 Å². The Kier molecular flexibility index (Phi) is 6.46. The number of rotatable bonds is 7. The highest BCUT2D eigenvalue weighted by Gasteiger charge is 2.24. The molecule has 1 aliphatic rings. The van der Waals surface area contributed by atoms with Gasteiger partial charge in [0.05, 0.1) is 0 Å². The van der Waals surface area contributed by atoms with Crippen LogP contribution >= 0.6 is 0 Å². The summed E-state index contributed by atoms with van der Waals surface area (Å²) in [5.74, 6) is 3.90. The minimum absolute atomic E-state index is 0.933. The summed E-state index contributed by atoms with van der Waals surface area (Å²) in [6, 6.07) is 0. The molecule has 16 heavy (non-hydrogen) atoms. The van der Waals surface area contributed by atoms with Crippen LogP contribution in [0.1, 0.15) is 79.1 Å². The van der Waals surface area contributed by atoms with Crippen LogP contribution in [0.25, 0.3) is 0 Å². The van der Waals surface area contributed by atoms with Gasteiger partial charge in [-0.05, 0) is 30.1 Å². The van der Waals surface area contributed by atoms with E-state index >= 15 is 0 Å². The van der Waals surface area contributed by atoms with Crippen LogP contribution in [0.3, 0.4) is 0 Å². The van der Waals surface area contributed by atoms with E-state index in [2.05, 4.69) is 27.7 Å². The Bertz CT molecular complexity index is 167. The number of hydrogen-bond donors (Lipinski definition) is 0. The molecule has 1 fully saturated rings. The Morgan fingerprint density at radius 3 is 2.19 bits per heavy atom. The molecule has 0 saturated heterocycles. The molecule has 0 amide bonds. The summed E-state index contributed by atoms with van der Waals surface area (Å²) in [7, 11) is 0. The van der Waals surface area contributed by atoms with Crippen molar-refractivity contribution in [2.75, 3.05) is 0 Å². The molecule has 0 spiro atoms. The molecule has 0 aliphatic heterocycles. The van der Waals surface area contributed by atoms with E-state index < -0.39 is 0 Å². The van der Waals surface area contributed by atoms with Crippen LogP contribution < -0.4 is 0 Å². The van der Waals surface area contributed by atoms with Gasteiger partial charge >= 0.3 is 0 Å². The Hall–Kier alpha value is 0. The molecule has 0 aromatic carbocycles. The van der Waals surface area contributed by atoms with Gasteiger partial charge in [0.25, 0.3) is 0 Å². The largest absolute Gasteiger partial charge is 0.0654 e. The molecule has 0 aromatic heterocycles. The molecule has 0 bridgehead atoms. The predicted octanol–water partition coefficient (Wildman–Crippen LogP) is 5.67. The topological polar surface area (TPSA) is 0 Å². The molecule has 3 atom stereocenters. The fourth-order valence-corrected chi connectivity index (χ4v) is 3.35. The van der Waals surface area contributed by atoms with Crippen LogP contribution in [0.5, 0.6) is 0 Å². The van der Waals surface area contributed by atoms with Crippen molar-refractivity contribution in [3.63, 3.8) is 0 Å². The van der Waals surface area contributed by atoms with Crippen molar-refractivity contribution in [1.29, 1.82) is 0 Å². The maximum absolute atomic E-state index is 2.50. The zero-order chi connectivity index (χ0) is 12.0. The van der Waals surface area contributed by atoms with Crippen LogP contribution in [0.2, 0.25) is 0 Å². The van der Waals surface area contributed by atoms with Gasteiger partial charge in [0, 0.05) is 0 Å². The van der Waals surface area contributed by atoms with Gasteiger partial charge in [-0.1, -0.05) is 72.6 Å². The average Bonchev–Trinajstić information content (AvgIpc) is 2.79. The second-order valence-electron chi connectivity index (χ2n) is 6.35. The third-order valence-electron chi connectivity index (χ3n) is 4.93. The monoisotopic (exact) mass is 224 g/mol. The van der Waals surface area contributed by atoms with E-state index in [4.69, 9.17) is 0 Å². The van der Waals surface area contributed by atoms with Gasteiger partial charge in [-0.2, -0.15) is 0 Å². The molecular formula is C16H32. The zero-order valence-electron chi connectivity index (χ0n) is 12.0. The van der Waals surface area contributed by atoms with Crippen LogP contribution in [0.15, 0.2) is 0 Å². The second kappa shape index (κ2) is 7.35. The molecule has 0 heterocycles. The summed E-state index contributed by atoms with van der Waals surface area (Å²) < 4.78 is 0. The predicted molar refractivity (Wildman–Crippen MR) is 73.6 cm³/mol. The summed E-state index contributed by atoms with van der Waals surface area (Å²) in [5, 5.41) is 0. The van der Waals surface area contributed by atoms with Crippen LogP contribution in [-0.4, -0.2) is 0 Å². The zero-order valence-corrected chi connectivity index (χ0v) is 12.0. The van der Waals surface area contributed by atoms with Gasteiger partial charge in [-0.15, -0.1) is 0 Å². The molecule has 2 unspecified atom stereocenters. The van der Waals surface area contributed by atoms with Gasteiger partial charge < -0.3 is 0 Å². The first-order chi connectivity index (χ1) is 7.65. The summed E-state index contributed by atoms with van der Waals surface area (Å²) in [4.78, 5) is 0. The molecular weight excluding hydrogens is 192 g/mol. The van der Waals surface area contributed by atoms with E-state index in [1.54, 1.807) is 0 Å². The Labute approximate surface area is 103 Å². The average molecular weight is 224 g/mol. The van der Waals surface area contributed by atoms with Gasteiger partial charge in [0.15, 0.2) is 0 Å². The van der Waals surface area contributed by atoms with Crippen molar-refractivity contribution < 1.29 is 0 Å². The lowest BCUT2D eigenvalue weighted by Gasteiger charge is -2.26. The highest BCUT2D eigenvalue weighted by Crippen LogP contribution is 2.36. The van der Waals surface area contributed by atoms with Crippen LogP contribution in [0.4, 0.5) is 0 Å². The highest BCUT2D eigenvalue weighted by molar-refractivity contribution is 4.75. The SMILES string of the molecule is CCCCC(C)C(C)C[C@H](C)C1CCCC1. The quantitative estimate of drug-likeness (QED) is 0.523. The molecule has 0 aromatic rings. The standard InChI is InChI=1S/C16H32/c1-5-6-9-13(2)14(3)12-15(4)16-10-7-8-11-16/h13-16H,5-12H2,1-4H3/t13?,14?,15-/m0/s1. The molecule has 1 rings (SSSR count). The molecule has 1 saturated carbocycles. The summed E-state index contributed by atoms with van der Waals surface area (Å²) >= 11 is 0. The first-order valence-corrected chi connectivity index (χ1v) is 7.65. The summed E-state index contributed by atoms with van der Waals surface area (Å²) in [5.41, 5.74) is 0. The van der Waals surface area contributed by atoms with Gasteiger partial charge in [0.1, 0.15) is 0 Å². The molecule has 0 heteroatoms. The van der Waals surface area contributed by atoms with Crippen molar-refractivity contribution in [1.82, 2.24) is 0 Å². The molecule has 96 valence electrons. The minimum Gasteiger partial charge on any atom is -0.0654 e. The second-order valence-corrected chi connectivity index (χ2v) is 6.35. The fraction of sp³-hybridized carbons (Fsp3) is 1.00. The van der Waals surface area contributed by atoms with Crippen molar-refractivity contribution in [3.05, 3.63) is 0 Å². The summed E-state index contributed by atoms with van der Waals surface area (Å²) in [6.45, 7) is 9.74. The Morgan fingerprint density at radius 1 is 1.00 bits per heavy atom. The first-order valence-electron chi connectivity index (χ1n) is 7.65. The number of hydrogen-bond acceptors (Lipinski definition) is 0. The van der Waals surface area contributed by atoms with E-state index in [0.717, 1.165) is 23.7 Å². The van der Waals surface area contributed by atoms with Gasteiger partial charge in [-0.25, -0.2) is 0 Å². The minimum atomic E-state index is 0.933. The van der Waals surface area contributed by atoms with Gasteiger partial charge in [0.2, 0.25) is 0 Å². The highest BCUT2D eigenvalue weighted by atomic mass is 14.3. The third-order valence-corrected chi connectivity index (χ3v) is 4.93. The number of unbranched alkanes of at least 4 members (excludes halogenated alkanes) is 1. The summed E-state index contributed by atoms with van der Waals surface area (Å²) in [6.07, 6.45) is 11.7. The smallest absolute Gasteiger partial charge is 0.0388 e. The lowest BCUT2D eigenvalue weighted by Crippen LogP contribution is -2.16. The lowest BCUT2D eigenvalue weighted by molar-refractivity contribution is 0.244. The van der Waals surface area contributed by atoms with E-state index in [1.165, 1.54) is 51.4 Å². The molecule has 0 nitrogen and oxygen atoms in total. The van der Waals surface area contributed by atoms with Crippen LogP contribution in [-0.2, 0) is 0 Å². The van der Waals surface area contributed by atoms with Crippen molar-refractivity contribution in [3.8, 4) is 0 Å². The normalized spacial score (nSPS) is 23.2. The Morgan fingerprint density at radius 2 is 1.62 bits per heavy atom. The van der Waals surface area contributed by atoms with Crippen molar-refractivity contribution in [2.45, 2.75) is 79.1 Å². The van der Waals surface area contributed by atoms with Crippen molar-refractivity contribution >= 4 is 0 Å². The fourth-order valence-electron chi connectivity index (χ4n) is 3.35. The first kappa shape index (κ1) is 14.1. The third kappa shape index (κ3) is 4.47. The van der Waals surface area contributed by atoms with E-state index in [9.17, 15) is 0 Å². The van der Waals surface area contributed by atoms with E-state index in [1.807, 2.05) is 0 Å². The van der Waals surface area contributed by atoms with E-state index in [0.29, 0.717) is 0 Å². The molecule has 0 radical (unpaired) electrons. The maximum atomic E-state index is 2.50. The van der Waals surface area contributed by atoms with Crippen molar-refractivity contribution in [2.24, 2.45) is 23.7 Å². The Balaban J connectivity index is 2.23. The molecule has 1 aliphatic carbocycles. The van der Waals surface area contributed by atoms with Gasteiger partial charge in [-0.3, -0.25) is 0 Å².